The predicted octanol–water partition coefficient (Wildman–Crippen LogP) is 1.49. The number of hydrogen-bond donors (Lipinski definition) is 1. The summed E-state index contributed by atoms with van der Waals surface area (Å²) in [6.45, 7) is 5.13. The van der Waals surface area contributed by atoms with Gasteiger partial charge in [0.2, 0.25) is 0 Å². The van der Waals surface area contributed by atoms with Crippen LogP contribution in [-0.2, 0) is 4.74 Å². The van der Waals surface area contributed by atoms with Crippen LogP contribution in [0.4, 0.5) is 4.39 Å². The van der Waals surface area contributed by atoms with Crippen LogP contribution in [0.2, 0.25) is 5.02 Å². The van der Waals surface area contributed by atoms with Crippen LogP contribution in [0.5, 0.6) is 0 Å². The maximum absolute atomic E-state index is 13.5. The first-order chi connectivity index (χ1) is 11.6. The van der Waals surface area contributed by atoms with Gasteiger partial charge in [0.05, 0.1) is 13.2 Å². The van der Waals surface area contributed by atoms with Gasteiger partial charge in [0.25, 0.3) is 5.91 Å². The molecular weight excluding hydrogens is 335 g/mol. The largest absolute Gasteiger partial charge is 0.396 e. The lowest BCUT2D eigenvalue weighted by Gasteiger charge is -2.30. The molecule has 0 spiro atoms. The summed E-state index contributed by atoms with van der Waals surface area (Å²) in [5.74, 6) is -0.505. The number of rotatable bonds is 4. The lowest BCUT2D eigenvalue weighted by molar-refractivity contribution is 0.0264. The lowest BCUT2D eigenvalue weighted by Crippen LogP contribution is -2.41. The average Bonchev–Trinajstić information content (AvgIpc) is 2.97. The first-order valence-corrected chi connectivity index (χ1v) is 8.61. The first kappa shape index (κ1) is 17.6. The maximum Gasteiger partial charge on any atom is 0.254 e. The van der Waals surface area contributed by atoms with Crippen molar-refractivity contribution in [3.63, 3.8) is 0 Å². The Bertz CT molecular complexity index is 575. The quantitative estimate of drug-likeness (QED) is 0.888. The Labute approximate surface area is 145 Å². The highest BCUT2D eigenvalue weighted by molar-refractivity contribution is 6.31. The van der Waals surface area contributed by atoms with Crippen molar-refractivity contribution in [2.75, 3.05) is 52.5 Å². The van der Waals surface area contributed by atoms with Crippen molar-refractivity contribution in [3.05, 3.63) is 34.6 Å². The molecular formula is C17H22ClFN2O3. The summed E-state index contributed by atoms with van der Waals surface area (Å²) in [5, 5.41) is 9.87. The van der Waals surface area contributed by atoms with Gasteiger partial charge in [0, 0.05) is 55.8 Å². The highest BCUT2D eigenvalue weighted by Gasteiger charge is 2.36. The van der Waals surface area contributed by atoms with E-state index in [1.807, 2.05) is 0 Å². The van der Waals surface area contributed by atoms with Gasteiger partial charge in [-0.3, -0.25) is 9.69 Å². The van der Waals surface area contributed by atoms with E-state index in [1.165, 1.54) is 18.2 Å². The zero-order valence-corrected chi connectivity index (χ0v) is 14.2. The summed E-state index contributed by atoms with van der Waals surface area (Å²) in [5.41, 5.74) is 0.253. The summed E-state index contributed by atoms with van der Waals surface area (Å²) in [6, 6.07) is 3.87. The fourth-order valence-corrected chi connectivity index (χ4v) is 3.72. The standard InChI is InChI=1S/C17H22ClFN2O3/c18-15-5-12(6-16(19)7-15)17(23)21-9-13(14(10-21)11-22)8-20-1-3-24-4-2-20/h5-7,13-14,22H,1-4,8-11H2/t13-,14-/m1/s1. The molecule has 5 nitrogen and oxygen atoms in total. The van der Waals surface area contributed by atoms with E-state index in [9.17, 15) is 14.3 Å². The van der Waals surface area contributed by atoms with Gasteiger partial charge >= 0.3 is 0 Å². The van der Waals surface area contributed by atoms with E-state index in [-0.39, 0.29) is 34.9 Å². The molecule has 2 saturated heterocycles. The molecule has 0 aromatic heterocycles. The molecule has 0 aliphatic carbocycles. The van der Waals surface area contributed by atoms with Crippen molar-refractivity contribution < 1.29 is 19.0 Å². The Hall–Kier alpha value is -1.21. The van der Waals surface area contributed by atoms with Crippen LogP contribution in [0.25, 0.3) is 0 Å². The number of nitrogens with zero attached hydrogens (tertiary/aromatic N) is 2. The zero-order chi connectivity index (χ0) is 17.1. The van der Waals surface area contributed by atoms with E-state index in [0.717, 1.165) is 32.8 Å². The van der Waals surface area contributed by atoms with E-state index >= 15 is 0 Å². The molecule has 0 radical (unpaired) electrons. The first-order valence-electron chi connectivity index (χ1n) is 8.23. The minimum atomic E-state index is -0.520. The van der Waals surface area contributed by atoms with E-state index in [2.05, 4.69) is 4.90 Å². The molecule has 1 N–H and O–H groups in total. The minimum Gasteiger partial charge on any atom is -0.396 e. The van der Waals surface area contributed by atoms with Gasteiger partial charge < -0.3 is 14.7 Å². The molecule has 2 fully saturated rings. The minimum absolute atomic E-state index is 0.0424. The molecule has 2 aliphatic rings. The van der Waals surface area contributed by atoms with Crippen LogP contribution in [0.1, 0.15) is 10.4 Å². The Morgan fingerprint density at radius 3 is 2.62 bits per heavy atom. The molecule has 24 heavy (non-hydrogen) atoms. The van der Waals surface area contributed by atoms with Crippen LogP contribution in [0, 0.1) is 17.7 Å². The topological polar surface area (TPSA) is 53.0 Å². The van der Waals surface area contributed by atoms with Crippen molar-refractivity contribution in [2.24, 2.45) is 11.8 Å². The maximum atomic E-state index is 13.5. The number of carbonyl (C=O) groups is 1. The second-order valence-electron chi connectivity index (χ2n) is 6.48. The van der Waals surface area contributed by atoms with Crippen molar-refractivity contribution in [2.45, 2.75) is 0 Å². The predicted molar refractivity (Wildman–Crippen MR) is 88.6 cm³/mol. The SMILES string of the molecule is O=C(c1cc(F)cc(Cl)c1)N1C[C@@H](CN2CCOCC2)[C@@H](CO)C1. The smallest absolute Gasteiger partial charge is 0.254 e. The normalized spacial score (nSPS) is 25.2. The van der Waals surface area contributed by atoms with Crippen LogP contribution in [0.15, 0.2) is 18.2 Å². The van der Waals surface area contributed by atoms with Crippen LogP contribution < -0.4 is 0 Å². The van der Waals surface area contributed by atoms with E-state index in [1.54, 1.807) is 4.90 Å². The molecule has 1 aromatic carbocycles. The summed E-state index contributed by atoms with van der Waals surface area (Å²) in [7, 11) is 0. The van der Waals surface area contributed by atoms with Crippen LogP contribution in [0.3, 0.4) is 0 Å². The van der Waals surface area contributed by atoms with Crippen molar-refractivity contribution >= 4 is 17.5 Å². The van der Waals surface area contributed by atoms with Crippen molar-refractivity contribution in [3.8, 4) is 0 Å². The number of benzene rings is 1. The molecule has 1 amide bonds. The summed E-state index contributed by atoms with van der Waals surface area (Å²) in [4.78, 5) is 16.6. The van der Waals surface area contributed by atoms with Crippen LogP contribution >= 0.6 is 11.6 Å². The Morgan fingerprint density at radius 2 is 1.96 bits per heavy atom. The van der Waals surface area contributed by atoms with Crippen LogP contribution in [-0.4, -0.2) is 73.4 Å². The number of amides is 1. The fourth-order valence-electron chi connectivity index (χ4n) is 3.49. The number of likely N-dealkylation sites (tertiary alicyclic amines) is 1. The van der Waals surface area contributed by atoms with E-state index < -0.39 is 5.82 Å². The third kappa shape index (κ3) is 4.06. The van der Waals surface area contributed by atoms with Gasteiger partial charge in [-0.2, -0.15) is 0 Å². The molecule has 1 aromatic rings. The molecule has 2 heterocycles. The molecule has 0 bridgehead atoms. The summed E-state index contributed by atoms with van der Waals surface area (Å²) in [6.07, 6.45) is 0. The number of hydrogen-bond acceptors (Lipinski definition) is 4. The second-order valence-corrected chi connectivity index (χ2v) is 6.92. The third-order valence-electron chi connectivity index (χ3n) is 4.80. The van der Waals surface area contributed by atoms with Gasteiger partial charge in [-0.1, -0.05) is 11.6 Å². The van der Waals surface area contributed by atoms with Crippen molar-refractivity contribution in [1.82, 2.24) is 9.80 Å². The third-order valence-corrected chi connectivity index (χ3v) is 5.02. The molecule has 2 atom stereocenters. The number of halogens is 2. The molecule has 0 unspecified atom stereocenters. The Morgan fingerprint density at radius 1 is 1.25 bits per heavy atom. The van der Waals surface area contributed by atoms with Gasteiger partial charge in [-0.25, -0.2) is 4.39 Å². The van der Waals surface area contributed by atoms with Crippen molar-refractivity contribution in [1.29, 1.82) is 0 Å². The summed E-state index contributed by atoms with van der Waals surface area (Å²) < 4.78 is 18.8. The highest BCUT2D eigenvalue weighted by Crippen LogP contribution is 2.26. The number of carbonyl (C=O) groups excluding carboxylic acids is 1. The molecule has 7 heteroatoms. The van der Waals surface area contributed by atoms with Gasteiger partial charge in [0.15, 0.2) is 0 Å². The molecule has 132 valence electrons. The van der Waals surface area contributed by atoms with Gasteiger partial charge in [0.1, 0.15) is 5.82 Å². The lowest BCUT2D eigenvalue weighted by atomic mass is 9.96. The number of aliphatic hydroxyl groups is 1. The van der Waals surface area contributed by atoms with E-state index in [0.29, 0.717) is 13.1 Å². The zero-order valence-electron chi connectivity index (χ0n) is 13.5. The number of morpholine rings is 1. The Kier molecular flexibility index (Phi) is 5.71. The second kappa shape index (κ2) is 7.78. The number of ether oxygens (including phenoxy) is 1. The molecule has 0 saturated carbocycles. The van der Waals surface area contributed by atoms with E-state index in [4.69, 9.17) is 16.3 Å². The molecule has 2 aliphatic heterocycles. The highest BCUT2D eigenvalue weighted by atomic mass is 35.5. The van der Waals surface area contributed by atoms with Gasteiger partial charge in [-0.05, 0) is 24.1 Å². The molecule has 3 rings (SSSR count). The Balaban J connectivity index is 1.67. The monoisotopic (exact) mass is 356 g/mol. The number of aliphatic hydroxyl groups excluding tert-OH is 1. The fraction of sp³-hybridized carbons (Fsp3) is 0.588. The summed E-state index contributed by atoms with van der Waals surface area (Å²) >= 11 is 5.85. The van der Waals surface area contributed by atoms with Gasteiger partial charge in [-0.15, -0.1) is 0 Å². The average molecular weight is 357 g/mol.